The van der Waals surface area contributed by atoms with E-state index in [4.69, 9.17) is 16.9 Å². The lowest BCUT2D eigenvalue weighted by Crippen LogP contribution is -2.25. The molecule has 1 aromatic carbocycles. The molecule has 106 valence electrons. The molecule has 1 heterocycles. The van der Waals surface area contributed by atoms with Crippen LogP contribution in [0.15, 0.2) is 29.1 Å². The van der Waals surface area contributed by atoms with Gasteiger partial charge in [0.05, 0.1) is 18.2 Å². The number of rotatable bonds is 3. The van der Waals surface area contributed by atoms with Gasteiger partial charge < -0.3 is 0 Å². The zero-order chi connectivity index (χ0) is 15.0. The number of nitrogens with zero attached hydrogens (tertiary/aromatic N) is 3. The van der Waals surface area contributed by atoms with E-state index in [1.807, 2.05) is 6.07 Å². The van der Waals surface area contributed by atoms with Gasteiger partial charge in [0.1, 0.15) is 16.8 Å². The highest BCUT2D eigenvalue weighted by Crippen LogP contribution is 2.39. The van der Waals surface area contributed by atoms with Crippen molar-refractivity contribution in [2.75, 3.05) is 0 Å². The van der Waals surface area contributed by atoms with Gasteiger partial charge in [-0.05, 0) is 36.6 Å². The van der Waals surface area contributed by atoms with E-state index in [2.05, 4.69) is 4.98 Å². The summed E-state index contributed by atoms with van der Waals surface area (Å²) in [6.45, 7) is 0.121. The summed E-state index contributed by atoms with van der Waals surface area (Å²) < 4.78 is 14.9. The van der Waals surface area contributed by atoms with E-state index < -0.39 is 5.82 Å². The van der Waals surface area contributed by atoms with Crippen molar-refractivity contribution in [3.05, 3.63) is 62.5 Å². The first-order chi connectivity index (χ1) is 10.1. The Hall–Kier alpha value is -2.19. The topological polar surface area (TPSA) is 58.7 Å². The standard InChI is InChI=1S/C15H11ClFN3O/c16-13-6-14(21)20(15(19-13)9-1-2-9)8-11-5-12(17)4-3-10(11)7-18/h3-6,9H,1-2,8H2. The second-order valence-corrected chi connectivity index (χ2v) is 5.44. The summed E-state index contributed by atoms with van der Waals surface area (Å²) in [5.41, 5.74) is 0.524. The molecule has 0 unspecified atom stereocenters. The van der Waals surface area contributed by atoms with Gasteiger partial charge >= 0.3 is 0 Å². The predicted octanol–water partition coefficient (Wildman–Crippen LogP) is 2.83. The maximum absolute atomic E-state index is 13.4. The molecule has 0 radical (unpaired) electrons. The fourth-order valence-electron chi connectivity index (χ4n) is 2.28. The molecule has 0 N–H and O–H groups in total. The predicted molar refractivity (Wildman–Crippen MR) is 75.7 cm³/mol. The van der Waals surface area contributed by atoms with Crippen LogP contribution in [0.2, 0.25) is 5.15 Å². The maximum Gasteiger partial charge on any atom is 0.255 e. The minimum atomic E-state index is -0.438. The van der Waals surface area contributed by atoms with E-state index in [-0.39, 0.29) is 23.2 Å². The average molecular weight is 304 g/mol. The molecule has 1 saturated carbocycles. The van der Waals surface area contributed by atoms with Gasteiger partial charge in [-0.15, -0.1) is 0 Å². The molecular formula is C15H11ClFN3O. The van der Waals surface area contributed by atoms with Crippen LogP contribution in [0.3, 0.4) is 0 Å². The summed E-state index contributed by atoms with van der Waals surface area (Å²) >= 11 is 5.84. The first-order valence-corrected chi connectivity index (χ1v) is 6.92. The van der Waals surface area contributed by atoms with Crippen LogP contribution < -0.4 is 5.56 Å². The highest BCUT2D eigenvalue weighted by Gasteiger charge is 2.29. The highest BCUT2D eigenvalue weighted by molar-refractivity contribution is 6.29. The Morgan fingerprint density at radius 2 is 2.19 bits per heavy atom. The fourth-order valence-corrected chi connectivity index (χ4v) is 2.46. The smallest absolute Gasteiger partial charge is 0.255 e. The van der Waals surface area contributed by atoms with E-state index in [9.17, 15) is 9.18 Å². The molecule has 0 spiro atoms. The summed E-state index contributed by atoms with van der Waals surface area (Å²) in [5.74, 6) is 0.392. The summed E-state index contributed by atoms with van der Waals surface area (Å²) in [7, 11) is 0. The van der Waals surface area contributed by atoms with Gasteiger partial charge in [0.25, 0.3) is 5.56 Å². The molecular weight excluding hydrogens is 293 g/mol. The molecule has 1 fully saturated rings. The van der Waals surface area contributed by atoms with Crippen LogP contribution in [0.5, 0.6) is 0 Å². The minimum Gasteiger partial charge on any atom is -0.292 e. The molecule has 6 heteroatoms. The molecule has 1 aliphatic carbocycles. The first-order valence-electron chi connectivity index (χ1n) is 6.54. The van der Waals surface area contributed by atoms with Crippen molar-refractivity contribution in [1.82, 2.24) is 9.55 Å². The van der Waals surface area contributed by atoms with Crippen LogP contribution in [0.1, 0.15) is 35.7 Å². The van der Waals surface area contributed by atoms with Crippen molar-refractivity contribution in [3.63, 3.8) is 0 Å². The molecule has 1 aliphatic rings. The average Bonchev–Trinajstić information content (AvgIpc) is 3.26. The van der Waals surface area contributed by atoms with Gasteiger partial charge in [-0.1, -0.05) is 11.6 Å². The van der Waals surface area contributed by atoms with Crippen molar-refractivity contribution in [1.29, 1.82) is 5.26 Å². The summed E-state index contributed by atoms with van der Waals surface area (Å²) in [4.78, 5) is 16.4. The minimum absolute atomic E-state index is 0.121. The lowest BCUT2D eigenvalue weighted by Gasteiger charge is -2.12. The Bertz CT molecular complexity index is 806. The summed E-state index contributed by atoms with van der Waals surface area (Å²) in [5, 5.41) is 9.26. The second kappa shape index (κ2) is 5.30. The Morgan fingerprint density at radius 1 is 1.43 bits per heavy atom. The monoisotopic (exact) mass is 303 g/mol. The van der Waals surface area contributed by atoms with Crippen molar-refractivity contribution in [2.45, 2.75) is 25.3 Å². The van der Waals surface area contributed by atoms with Gasteiger partial charge in [0.2, 0.25) is 0 Å². The largest absolute Gasteiger partial charge is 0.292 e. The molecule has 21 heavy (non-hydrogen) atoms. The molecule has 4 nitrogen and oxygen atoms in total. The van der Waals surface area contributed by atoms with Crippen LogP contribution >= 0.6 is 11.6 Å². The Kier molecular flexibility index (Phi) is 3.48. The van der Waals surface area contributed by atoms with Crippen LogP contribution in [-0.4, -0.2) is 9.55 Å². The molecule has 0 saturated heterocycles. The van der Waals surface area contributed by atoms with Crippen LogP contribution in [0.4, 0.5) is 4.39 Å². The summed E-state index contributed by atoms with van der Waals surface area (Å²) in [6, 6.07) is 7.16. The van der Waals surface area contributed by atoms with Crippen LogP contribution in [-0.2, 0) is 6.54 Å². The quantitative estimate of drug-likeness (QED) is 0.819. The van der Waals surface area contributed by atoms with Gasteiger partial charge in [-0.25, -0.2) is 9.37 Å². The number of benzene rings is 1. The Morgan fingerprint density at radius 3 is 2.86 bits per heavy atom. The third kappa shape index (κ3) is 2.81. The van der Waals surface area contributed by atoms with Crippen LogP contribution in [0.25, 0.3) is 0 Å². The molecule has 0 atom stereocenters. The van der Waals surface area contributed by atoms with E-state index in [0.29, 0.717) is 17.0 Å². The normalized spacial score (nSPS) is 14.0. The van der Waals surface area contributed by atoms with E-state index in [0.717, 1.165) is 12.8 Å². The Balaban J connectivity index is 2.09. The van der Waals surface area contributed by atoms with Gasteiger partial charge in [0.15, 0.2) is 0 Å². The van der Waals surface area contributed by atoms with Gasteiger partial charge in [0, 0.05) is 12.0 Å². The second-order valence-electron chi connectivity index (χ2n) is 5.05. The number of nitriles is 1. The van der Waals surface area contributed by atoms with Gasteiger partial charge in [-0.3, -0.25) is 9.36 Å². The van der Waals surface area contributed by atoms with Crippen molar-refractivity contribution >= 4 is 11.6 Å². The number of hydrogen-bond donors (Lipinski definition) is 0. The molecule has 3 rings (SSSR count). The number of aromatic nitrogens is 2. The third-order valence-corrected chi connectivity index (χ3v) is 3.66. The zero-order valence-electron chi connectivity index (χ0n) is 11.0. The van der Waals surface area contributed by atoms with Crippen molar-refractivity contribution in [2.24, 2.45) is 0 Å². The van der Waals surface area contributed by atoms with E-state index >= 15 is 0 Å². The number of hydrogen-bond acceptors (Lipinski definition) is 3. The molecule has 2 aromatic rings. The molecule has 0 amide bonds. The third-order valence-electron chi connectivity index (χ3n) is 3.47. The van der Waals surface area contributed by atoms with Crippen LogP contribution in [0, 0.1) is 17.1 Å². The van der Waals surface area contributed by atoms with E-state index in [1.54, 1.807) is 0 Å². The Labute approximate surface area is 125 Å². The first kappa shape index (κ1) is 13.8. The molecule has 0 aliphatic heterocycles. The highest BCUT2D eigenvalue weighted by atomic mass is 35.5. The molecule has 0 bridgehead atoms. The van der Waals surface area contributed by atoms with Crippen molar-refractivity contribution in [3.8, 4) is 6.07 Å². The number of halogens is 2. The zero-order valence-corrected chi connectivity index (χ0v) is 11.8. The lowest BCUT2D eigenvalue weighted by atomic mass is 10.1. The fraction of sp³-hybridized carbons (Fsp3) is 0.267. The van der Waals surface area contributed by atoms with E-state index in [1.165, 1.54) is 28.8 Å². The molecule has 1 aromatic heterocycles. The SMILES string of the molecule is N#Cc1ccc(F)cc1Cn1c(C2CC2)nc(Cl)cc1=O. The van der Waals surface area contributed by atoms with Crippen molar-refractivity contribution < 1.29 is 4.39 Å². The maximum atomic E-state index is 13.4. The summed E-state index contributed by atoms with van der Waals surface area (Å²) in [6.07, 6.45) is 1.92. The lowest BCUT2D eigenvalue weighted by molar-refractivity contribution is 0.617. The van der Waals surface area contributed by atoms with Gasteiger partial charge in [-0.2, -0.15) is 5.26 Å².